The van der Waals surface area contributed by atoms with Crippen LogP contribution in [0.4, 0.5) is 5.69 Å². The predicted molar refractivity (Wildman–Crippen MR) is 109 cm³/mol. The number of aryl methyl sites for hydroxylation is 2. The lowest BCUT2D eigenvalue weighted by atomic mass is 10.1. The van der Waals surface area contributed by atoms with Crippen LogP contribution in [0.25, 0.3) is 5.69 Å². The van der Waals surface area contributed by atoms with Gasteiger partial charge < -0.3 is 5.32 Å². The van der Waals surface area contributed by atoms with Crippen molar-refractivity contribution in [2.75, 3.05) is 11.1 Å². The van der Waals surface area contributed by atoms with Gasteiger partial charge in [0.1, 0.15) is 6.33 Å². The van der Waals surface area contributed by atoms with Gasteiger partial charge in [-0.15, -0.1) is 10.2 Å². The molecular weight excluding hydrogens is 447 g/mol. The molecule has 1 amide bonds. The van der Waals surface area contributed by atoms with Gasteiger partial charge in [-0.25, -0.2) is 0 Å². The first kappa shape index (κ1) is 17.9. The highest BCUT2D eigenvalue weighted by Gasteiger charge is 2.12. The largest absolute Gasteiger partial charge is 0.324 e. The second-order valence-electron chi connectivity index (χ2n) is 5.59. The molecule has 0 bridgehead atoms. The van der Waals surface area contributed by atoms with Gasteiger partial charge in [0.05, 0.1) is 17.1 Å². The van der Waals surface area contributed by atoms with Crippen molar-refractivity contribution in [3.63, 3.8) is 0 Å². The highest BCUT2D eigenvalue weighted by Crippen LogP contribution is 2.23. The highest BCUT2D eigenvalue weighted by atomic mass is 127. The first-order valence-electron chi connectivity index (χ1n) is 7.69. The van der Waals surface area contributed by atoms with E-state index in [0.717, 1.165) is 20.5 Å². The Morgan fingerprint density at radius 3 is 2.80 bits per heavy atom. The second kappa shape index (κ2) is 8.01. The van der Waals surface area contributed by atoms with Crippen LogP contribution in [0, 0.1) is 17.4 Å². The van der Waals surface area contributed by atoms with Crippen molar-refractivity contribution in [3.05, 3.63) is 63.5 Å². The molecule has 1 N–H and O–H groups in total. The van der Waals surface area contributed by atoms with Gasteiger partial charge in [0, 0.05) is 3.57 Å². The molecule has 2 aromatic carbocycles. The van der Waals surface area contributed by atoms with Crippen molar-refractivity contribution in [2.24, 2.45) is 0 Å². The Kier molecular flexibility index (Phi) is 5.74. The van der Waals surface area contributed by atoms with Crippen molar-refractivity contribution in [1.29, 1.82) is 0 Å². The van der Waals surface area contributed by atoms with E-state index in [1.165, 1.54) is 17.3 Å². The molecule has 1 heterocycles. The number of rotatable bonds is 5. The Bertz CT molecular complexity index is 910. The molecule has 0 saturated heterocycles. The van der Waals surface area contributed by atoms with Crippen LogP contribution in [0.5, 0.6) is 0 Å². The maximum atomic E-state index is 12.2. The number of hydrogen-bond donors (Lipinski definition) is 1. The van der Waals surface area contributed by atoms with Gasteiger partial charge >= 0.3 is 0 Å². The molecule has 0 saturated carbocycles. The standard InChI is InChI=1S/C18H17IN4OS/c1-12-7-8-16(13(2)9-12)23-11-20-22-18(23)25-10-17(24)21-15-6-4-3-5-14(15)19/h3-9,11H,10H2,1-2H3,(H,21,24). The number of nitrogens with one attached hydrogen (secondary N) is 1. The monoisotopic (exact) mass is 464 g/mol. The van der Waals surface area contributed by atoms with Crippen LogP contribution >= 0.6 is 34.4 Å². The summed E-state index contributed by atoms with van der Waals surface area (Å²) in [6.45, 7) is 4.12. The third kappa shape index (κ3) is 4.40. The van der Waals surface area contributed by atoms with E-state index in [9.17, 15) is 4.79 Å². The van der Waals surface area contributed by atoms with Gasteiger partial charge in [0.25, 0.3) is 0 Å². The molecule has 5 nitrogen and oxygen atoms in total. The maximum absolute atomic E-state index is 12.2. The van der Waals surface area contributed by atoms with Crippen molar-refractivity contribution < 1.29 is 4.79 Å². The number of thioether (sulfide) groups is 1. The normalized spacial score (nSPS) is 10.7. The van der Waals surface area contributed by atoms with Gasteiger partial charge in [0.15, 0.2) is 5.16 Å². The number of carbonyl (C=O) groups is 1. The lowest BCUT2D eigenvalue weighted by Crippen LogP contribution is -2.15. The van der Waals surface area contributed by atoms with E-state index >= 15 is 0 Å². The van der Waals surface area contributed by atoms with Crippen molar-refractivity contribution in [1.82, 2.24) is 14.8 Å². The second-order valence-corrected chi connectivity index (χ2v) is 7.69. The SMILES string of the molecule is Cc1ccc(-n2cnnc2SCC(=O)Nc2ccccc2I)c(C)c1. The van der Waals surface area contributed by atoms with E-state index < -0.39 is 0 Å². The van der Waals surface area contributed by atoms with Crippen LogP contribution < -0.4 is 5.32 Å². The fourth-order valence-electron chi connectivity index (χ4n) is 2.44. The number of aromatic nitrogens is 3. The number of benzene rings is 2. The van der Waals surface area contributed by atoms with E-state index in [2.05, 4.69) is 64.1 Å². The van der Waals surface area contributed by atoms with Crippen LogP contribution in [0.2, 0.25) is 0 Å². The highest BCUT2D eigenvalue weighted by molar-refractivity contribution is 14.1. The first-order chi connectivity index (χ1) is 12.0. The fraction of sp³-hybridized carbons (Fsp3) is 0.167. The van der Waals surface area contributed by atoms with E-state index in [1.807, 2.05) is 34.9 Å². The number of amides is 1. The molecule has 0 radical (unpaired) electrons. The molecule has 0 unspecified atom stereocenters. The lowest BCUT2D eigenvalue weighted by molar-refractivity contribution is -0.113. The zero-order chi connectivity index (χ0) is 17.8. The summed E-state index contributed by atoms with van der Waals surface area (Å²) in [5.74, 6) is 0.207. The Morgan fingerprint density at radius 2 is 2.04 bits per heavy atom. The number of anilines is 1. The van der Waals surface area contributed by atoms with Crippen molar-refractivity contribution >= 4 is 45.9 Å². The maximum Gasteiger partial charge on any atom is 0.234 e. The van der Waals surface area contributed by atoms with Crippen molar-refractivity contribution in [2.45, 2.75) is 19.0 Å². The Balaban J connectivity index is 1.69. The minimum atomic E-state index is -0.0655. The molecule has 0 fully saturated rings. The minimum absolute atomic E-state index is 0.0655. The quantitative estimate of drug-likeness (QED) is 0.454. The third-order valence-corrected chi connectivity index (χ3v) is 5.49. The molecule has 3 aromatic rings. The number of carbonyl (C=O) groups excluding carboxylic acids is 1. The van der Waals surface area contributed by atoms with Crippen LogP contribution in [-0.2, 0) is 4.79 Å². The average Bonchev–Trinajstić information content (AvgIpc) is 3.03. The Labute approximate surface area is 164 Å². The molecule has 0 aliphatic heterocycles. The first-order valence-corrected chi connectivity index (χ1v) is 9.76. The minimum Gasteiger partial charge on any atom is -0.324 e. The number of nitrogens with zero attached hydrogens (tertiary/aromatic N) is 3. The molecule has 0 aliphatic carbocycles. The number of para-hydroxylation sites is 1. The molecule has 25 heavy (non-hydrogen) atoms. The molecule has 0 spiro atoms. The van der Waals surface area contributed by atoms with Gasteiger partial charge in [-0.2, -0.15) is 0 Å². The average molecular weight is 464 g/mol. The van der Waals surface area contributed by atoms with Gasteiger partial charge in [-0.1, -0.05) is 41.6 Å². The molecule has 128 valence electrons. The van der Waals surface area contributed by atoms with Crippen LogP contribution in [0.1, 0.15) is 11.1 Å². The summed E-state index contributed by atoms with van der Waals surface area (Å²) in [5, 5.41) is 11.8. The predicted octanol–water partition coefficient (Wildman–Crippen LogP) is 4.22. The van der Waals surface area contributed by atoms with E-state index in [0.29, 0.717) is 5.16 Å². The smallest absolute Gasteiger partial charge is 0.234 e. The molecular formula is C18H17IN4OS. The van der Waals surface area contributed by atoms with Gasteiger partial charge in [0.2, 0.25) is 5.91 Å². The molecule has 0 atom stereocenters. The summed E-state index contributed by atoms with van der Waals surface area (Å²) in [5.41, 5.74) is 4.20. The van der Waals surface area contributed by atoms with Gasteiger partial charge in [-0.3, -0.25) is 9.36 Å². The zero-order valence-electron chi connectivity index (χ0n) is 13.9. The number of halogens is 1. The Morgan fingerprint density at radius 1 is 1.24 bits per heavy atom. The van der Waals surface area contributed by atoms with Crippen LogP contribution in [0.3, 0.4) is 0 Å². The van der Waals surface area contributed by atoms with E-state index in [-0.39, 0.29) is 11.7 Å². The Hall–Kier alpha value is -1.87. The molecule has 7 heteroatoms. The summed E-state index contributed by atoms with van der Waals surface area (Å²) in [4.78, 5) is 12.2. The third-order valence-electron chi connectivity index (χ3n) is 3.61. The lowest BCUT2D eigenvalue weighted by Gasteiger charge is -2.10. The van der Waals surface area contributed by atoms with Crippen molar-refractivity contribution in [3.8, 4) is 5.69 Å². The zero-order valence-corrected chi connectivity index (χ0v) is 16.8. The summed E-state index contributed by atoms with van der Waals surface area (Å²) >= 11 is 3.57. The fourth-order valence-corrected chi connectivity index (χ4v) is 3.69. The summed E-state index contributed by atoms with van der Waals surface area (Å²) in [6, 6.07) is 13.9. The molecule has 3 rings (SSSR count). The summed E-state index contributed by atoms with van der Waals surface area (Å²) in [6.07, 6.45) is 1.68. The van der Waals surface area contributed by atoms with Crippen LogP contribution in [-0.4, -0.2) is 26.4 Å². The molecule has 0 aliphatic rings. The molecule has 1 aromatic heterocycles. The van der Waals surface area contributed by atoms with Crippen LogP contribution in [0.15, 0.2) is 53.9 Å². The van der Waals surface area contributed by atoms with Gasteiger partial charge in [-0.05, 0) is 60.2 Å². The van der Waals surface area contributed by atoms with E-state index in [1.54, 1.807) is 6.33 Å². The van der Waals surface area contributed by atoms with E-state index in [4.69, 9.17) is 0 Å². The summed E-state index contributed by atoms with van der Waals surface area (Å²) in [7, 11) is 0. The summed E-state index contributed by atoms with van der Waals surface area (Å²) < 4.78 is 2.93. The number of hydrogen-bond acceptors (Lipinski definition) is 4. The topological polar surface area (TPSA) is 59.8 Å².